The van der Waals surface area contributed by atoms with Crippen molar-refractivity contribution in [2.45, 2.75) is 19.4 Å². The molecule has 1 aromatic carbocycles. The number of aromatic nitrogens is 1. The summed E-state index contributed by atoms with van der Waals surface area (Å²) in [7, 11) is 1.51. The van der Waals surface area contributed by atoms with Crippen LogP contribution in [0.1, 0.15) is 27.2 Å². The largest absolute Gasteiger partial charge is 0.496 e. The van der Waals surface area contributed by atoms with Crippen LogP contribution in [0, 0.1) is 0 Å². The summed E-state index contributed by atoms with van der Waals surface area (Å²) >= 11 is 8.14. The quantitative estimate of drug-likeness (QED) is 0.628. The summed E-state index contributed by atoms with van der Waals surface area (Å²) in [5.41, 5.74) is 2.29. The second-order valence-electron chi connectivity index (χ2n) is 7.03. The maximum atomic E-state index is 12.7. The van der Waals surface area contributed by atoms with Crippen LogP contribution >= 0.6 is 22.9 Å². The molecule has 4 rings (SSSR count). The molecule has 0 radical (unpaired) electrons. The molecule has 0 atom stereocenters. The van der Waals surface area contributed by atoms with Crippen LogP contribution in [-0.4, -0.2) is 41.5 Å². The number of benzene rings is 1. The molecule has 1 N–H and O–H groups in total. The Balaban J connectivity index is 1.37. The molecule has 2 aromatic heterocycles. The first-order valence-electron chi connectivity index (χ1n) is 9.69. The fourth-order valence-corrected chi connectivity index (χ4v) is 4.73. The molecule has 1 aliphatic heterocycles. The highest BCUT2D eigenvalue weighted by atomic mass is 35.5. The lowest BCUT2D eigenvalue weighted by Gasteiger charge is -2.27. The monoisotopic (exact) mass is 443 g/mol. The Morgan fingerprint density at radius 1 is 1.27 bits per heavy atom. The predicted octanol–water partition coefficient (Wildman–Crippen LogP) is 3.91. The van der Waals surface area contributed by atoms with Crippen molar-refractivity contribution in [2.24, 2.45) is 0 Å². The molecule has 0 saturated heterocycles. The van der Waals surface area contributed by atoms with Gasteiger partial charge in [0.2, 0.25) is 5.91 Å². The molecule has 0 aliphatic carbocycles. The Morgan fingerprint density at radius 2 is 2.07 bits per heavy atom. The molecule has 0 bridgehead atoms. The standard InChI is InChI=1S/C22H22ClN3O3S/c1-29-19-13-18(25-8-2-3-9-25)17(23)12-16(19)22(28)24-7-4-21(27)26-10-5-20-15(14-26)6-11-30-20/h2-3,6,8-9,11-13H,4-5,7,10,14H2,1H3,(H,24,28). The minimum absolute atomic E-state index is 0.0418. The third kappa shape index (κ3) is 4.22. The highest BCUT2D eigenvalue weighted by molar-refractivity contribution is 7.10. The zero-order valence-corrected chi connectivity index (χ0v) is 18.1. The SMILES string of the molecule is COc1cc(-n2cccc2)c(Cl)cc1C(=O)NCCC(=O)N1CCc2sccc2C1. The molecular weight excluding hydrogens is 422 g/mol. The van der Waals surface area contributed by atoms with E-state index in [1.807, 2.05) is 34.0 Å². The van der Waals surface area contributed by atoms with E-state index >= 15 is 0 Å². The molecule has 1 aliphatic rings. The molecule has 3 aromatic rings. The lowest BCUT2D eigenvalue weighted by atomic mass is 10.1. The van der Waals surface area contributed by atoms with Crippen LogP contribution < -0.4 is 10.1 Å². The molecule has 0 spiro atoms. The van der Waals surface area contributed by atoms with Crippen molar-refractivity contribution in [3.8, 4) is 11.4 Å². The van der Waals surface area contributed by atoms with Gasteiger partial charge in [0.25, 0.3) is 5.91 Å². The number of thiophene rings is 1. The first-order chi connectivity index (χ1) is 14.6. The first-order valence-corrected chi connectivity index (χ1v) is 10.9. The zero-order chi connectivity index (χ0) is 21.1. The number of halogens is 1. The fourth-order valence-electron chi connectivity index (χ4n) is 3.58. The van der Waals surface area contributed by atoms with Gasteiger partial charge in [0.15, 0.2) is 0 Å². The second kappa shape index (κ2) is 8.93. The Bertz CT molecular complexity index is 1060. The van der Waals surface area contributed by atoms with E-state index < -0.39 is 0 Å². The van der Waals surface area contributed by atoms with Crippen LogP contribution in [-0.2, 0) is 17.8 Å². The Morgan fingerprint density at radius 3 is 2.83 bits per heavy atom. The third-order valence-electron chi connectivity index (χ3n) is 5.18. The Kier molecular flexibility index (Phi) is 6.11. The number of hydrogen-bond acceptors (Lipinski definition) is 4. The summed E-state index contributed by atoms with van der Waals surface area (Å²) < 4.78 is 7.25. The van der Waals surface area contributed by atoms with Gasteiger partial charge in [-0.2, -0.15) is 0 Å². The van der Waals surface area contributed by atoms with Crippen LogP contribution in [0.4, 0.5) is 0 Å². The van der Waals surface area contributed by atoms with Gasteiger partial charge in [0.1, 0.15) is 5.75 Å². The van der Waals surface area contributed by atoms with E-state index in [1.54, 1.807) is 23.5 Å². The molecular formula is C22H22ClN3O3S. The minimum Gasteiger partial charge on any atom is -0.496 e. The van der Waals surface area contributed by atoms with Gasteiger partial charge in [0, 0.05) is 49.4 Å². The number of fused-ring (bicyclic) bond motifs is 1. The van der Waals surface area contributed by atoms with E-state index in [4.69, 9.17) is 16.3 Å². The normalized spacial score (nSPS) is 13.1. The van der Waals surface area contributed by atoms with Gasteiger partial charge in [0.05, 0.1) is 23.4 Å². The number of ether oxygens (including phenoxy) is 1. The highest BCUT2D eigenvalue weighted by Gasteiger charge is 2.22. The van der Waals surface area contributed by atoms with Crippen molar-refractivity contribution in [1.29, 1.82) is 0 Å². The fraction of sp³-hybridized carbons (Fsp3) is 0.273. The van der Waals surface area contributed by atoms with Crippen molar-refractivity contribution in [1.82, 2.24) is 14.8 Å². The number of methoxy groups -OCH3 is 1. The average molecular weight is 444 g/mol. The van der Waals surface area contributed by atoms with Crippen molar-refractivity contribution >= 4 is 34.8 Å². The molecule has 156 valence electrons. The maximum Gasteiger partial charge on any atom is 0.255 e. The summed E-state index contributed by atoms with van der Waals surface area (Å²) in [6, 6.07) is 9.18. The van der Waals surface area contributed by atoms with E-state index in [9.17, 15) is 9.59 Å². The van der Waals surface area contributed by atoms with Crippen molar-refractivity contribution in [2.75, 3.05) is 20.2 Å². The average Bonchev–Trinajstić information content (AvgIpc) is 3.44. The number of amides is 2. The van der Waals surface area contributed by atoms with Gasteiger partial charge >= 0.3 is 0 Å². The minimum atomic E-state index is -0.320. The molecule has 0 fully saturated rings. The van der Waals surface area contributed by atoms with Gasteiger partial charge < -0.3 is 19.5 Å². The lowest BCUT2D eigenvalue weighted by Crippen LogP contribution is -2.37. The van der Waals surface area contributed by atoms with Gasteiger partial charge in [-0.3, -0.25) is 9.59 Å². The molecule has 2 amide bonds. The van der Waals surface area contributed by atoms with Crippen LogP contribution in [0.3, 0.4) is 0 Å². The lowest BCUT2D eigenvalue weighted by molar-refractivity contribution is -0.131. The predicted molar refractivity (Wildman–Crippen MR) is 118 cm³/mol. The van der Waals surface area contributed by atoms with E-state index in [1.165, 1.54) is 17.6 Å². The third-order valence-corrected chi connectivity index (χ3v) is 6.51. The van der Waals surface area contributed by atoms with E-state index in [0.29, 0.717) is 22.9 Å². The molecule has 30 heavy (non-hydrogen) atoms. The summed E-state index contributed by atoms with van der Waals surface area (Å²) in [6.07, 6.45) is 4.88. The topological polar surface area (TPSA) is 63.6 Å². The maximum absolute atomic E-state index is 12.7. The number of nitrogens with zero attached hydrogens (tertiary/aromatic N) is 2. The number of rotatable bonds is 6. The van der Waals surface area contributed by atoms with Crippen LogP contribution in [0.2, 0.25) is 5.02 Å². The molecule has 6 nitrogen and oxygen atoms in total. The van der Waals surface area contributed by atoms with Gasteiger partial charge in [-0.25, -0.2) is 0 Å². The van der Waals surface area contributed by atoms with Crippen molar-refractivity contribution < 1.29 is 14.3 Å². The molecule has 0 saturated carbocycles. The van der Waals surface area contributed by atoms with Crippen LogP contribution in [0.5, 0.6) is 5.75 Å². The number of carbonyl (C=O) groups excluding carboxylic acids is 2. The van der Waals surface area contributed by atoms with E-state index in [0.717, 1.165) is 18.7 Å². The zero-order valence-electron chi connectivity index (χ0n) is 16.6. The molecule has 0 unspecified atom stereocenters. The van der Waals surface area contributed by atoms with Crippen LogP contribution in [0.25, 0.3) is 5.69 Å². The summed E-state index contributed by atoms with van der Waals surface area (Å²) in [6.45, 7) is 1.63. The smallest absolute Gasteiger partial charge is 0.255 e. The van der Waals surface area contributed by atoms with Crippen LogP contribution in [0.15, 0.2) is 48.1 Å². The summed E-state index contributed by atoms with van der Waals surface area (Å²) in [4.78, 5) is 28.4. The highest BCUT2D eigenvalue weighted by Crippen LogP contribution is 2.30. The Hall–Kier alpha value is -2.77. The number of hydrogen-bond donors (Lipinski definition) is 1. The van der Waals surface area contributed by atoms with Gasteiger partial charge in [-0.1, -0.05) is 11.6 Å². The number of carbonyl (C=O) groups is 2. The second-order valence-corrected chi connectivity index (χ2v) is 8.44. The van der Waals surface area contributed by atoms with Crippen molar-refractivity contribution in [3.63, 3.8) is 0 Å². The first kappa shape index (κ1) is 20.5. The summed E-state index contributed by atoms with van der Waals surface area (Å²) in [5, 5.41) is 5.32. The number of nitrogens with one attached hydrogen (secondary N) is 1. The molecule has 8 heteroatoms. The van der Waals surface area contributed by atoms with Gasteiger partial charge in [-0.15, -0.1) is 11.3 Å². The van der Waals surface area contributed by atoms with Crippen molar-refractivity contribution in [3.05, 3.63) is 69.1 Å². The molecule has 3 heterocycles. The van der Waals surface area contributed by atoms with E-state index in [-0.39, 0.29) is 24.8 Å². The summed E-state index contributed by atoms with van der Waals surface area (Å²) in [5.74, 6) is 0.146. The van der Waals surface area contributed by atoms with E-state index in [2.05, 4.69) is 16.8 Å². The Labute approximate surface area is 184 Å². The van der Waals surface area contributed by atoms with Gasteiger partial charge in [-0.05, 0) is 41.6 Å².